The minimum absolute atomic E-state index is 0.00710. The number of aliphatic hydroxyl groups excluding tert-OH is 3. The number of ketones is 2. The number of aliphatic hydroxyl groups is 3. The minimum Gasteiger partial charge on any atom is -0.496 e. The molecule has 1 saturated heterocycles. The molecule has 2 aromatic rings. The molecule has 3 aliphatic rings. The lowest BCUT2D eigenvalue weighted by atomic mass is 9.85. The molecule has 1 aromatic carbocycles. The van der Waals surface area contributed by atoms with Gasteiger partial charge in [-0.05, 0) is 30.0 Å². The van der Waals surface area contributed by atoms with Crippen LogP contribution >= 0.6 is 11.8 Å². The van der Waals surface area contributed by atoms with Crippen LogP contribution in [0.5, 0.6) is 5.75 Å². The number of carboxylic acid groups (broad SMARTS) is 1. The number of aromatic nitrogens is 1. The molecule has 0 aliphatic carbocycles. The van der Waals surface area contributed by atoms with Crippen LogP contribution in [-0.4, -0.2) is 286 Å². The van der Waals surface area contributed by atoms with Gasteiger partial charge in [0.15, 0.2) is 11.6 Å². The summed E-state index contributed by atoms with van der Waals surface area (Å²) in [4.78, 5) is 155. The zero-order valence-corrected chi connectivity index (χ0v) is 60.8. The first-order valence-electron chi connectivity index (χ1n) is 36.0. The molecular formula is C67H105N11O24S2. The Morgan fingerprint density at radius 2 is 1.41 bits per heavy atom. The van der Waals surface area contributed by atoms with E-state index in [1.165, 1.54) is 43.9 Å². The number of nitrogens with two attached hydrogens (primary N) is 2. The number of hydrogen-bond donors (Lipinski definition) is 14. The Morgan fingerprint density at radius 3 is 2.01 bits per heavy atom. The van der Waals surface area contributed by atoms with Gasteiger partial charge in [-0.2, -0.15) is 11.8 Å². The van der Waals surface area contributed by atoms with Crippen molar-refractivity contribution < 1.29 is 119 Å². The van der Waals surface area contributed by atoms with Gasteiger partial charge in [0.25, 0.3) is 0 Å². The Hall–Kier alpha value is -7.43. The van der Waals surface area contributed by atoms with Crippen LogP contribution in [0.2, 0.25) is 0 Å². The van der Waals surface area contributed by atoms with Gasteiger partial charge < -0.3 is 117 Å². The maximum Gasteiger partial charge on any atom is 0.306 e. The first-order valence-corrected chi connectivity index (χ1v) is 37.0. The largest absolute Gasteiger partial charge is 0.496 e. The molecule has 12 atom stereocenters. The number of ether oxygens (including phenoxy) is 8. The second-order valence-corrected chi connectivity index (χ2v) is 27.9. The number of amides is 8. The number of aromatic amines is 1. The fraction of sp³-hybridized carbons (Fsp3) is 0.687. The number of thioether (sulfide) groups is 1. The summed E-state index contributed by atoms with van der Waals surface area (Å²) < 4.78 is 84.3. The Kier molecular flexibility index (Phi) is 36.8. The monoisotopic (exact) mass is 1510 g/mol. The molecule has 2 bridgehead atoms. The lowest BCUT2D eigenvalue weighted by Crippen LogP contribution is -2.60. The Labute approximate surface area is 614 Å². The van der Waals surface area contributed by atoms with E-state index in [4.69, 9.17) is 58.6 Å². The number of nitrogens with one attached hydrogen (secondary N) is 8. The summed E-state index contributed by atoms with van der Waals surface area (Å²) in [5.74, 6) is -16.2. The number of primary amides is 1. The third-order valence-electron chi connectivity index (χ3n) is 17.5. The molecule has 4 heterocycles. The molecule has 584 valence electrons. The molecule has 1 aromatic heterocycles. The van der Waals surface area contributed by atoms with Crippen molar-refractivity contribution in [3.63, 3.8) is 0 Å². The van der Waals surface area contributed by atoms with Gasteiger partial charge in [-0.25, -0.2) is 0 Å². The molecule has 16 N–H and O–H groups in total. The number of aliphatic carboxylic acids is 1. The van der Waals surface area contributed by atoms with Crippen molar-refractivity contribution in [1.29, 1.82) is 0 Å². The predicted molar refractivity (Wildman–Crippen MR) is 376 cm³/mol. The van der Waals surface area contributed by atoms with Gasteiger partial charge in [-0.3, -0.25) is 56.9 Å². The standard InChI is InChI=1S/C67H105N11O24S2/c1-6-39(2)47-28-44(80)33-72-61(87)42-26-48-46-7-8-55(95-5)49(37-103-24-23-102-22-21-101-20-19-100-18-17-99-16-15-98-14-13-97-12-11-96-10-9-70-31-43(68)32-71-57(85)25-40(3)67(92)93)60(46)77-65(48)104(94)38-51(74-58(86)34-73-62(47)88)63(89)75-50(30-56(69)84)66(91)78-35-45(81)29-52(78)64(90)76-59(53(82)27-42)41(4)54(83)36-79/h7-8,31,39-42,45,47,50-52,54,59,70,77,79,81,83H,6,9-30,32-38,68H2,1-5H3,(H2,69,84)(H,71,85)(H,72,87)(H,73,88)(H,74,86)(H,75,89)(H,76,90)(H,92,93)/b43-31-/t39-,40?,41-,42+,45+,47-,50-,51+,52-,54-,59-,104?/m0/s1/i5D3. The molecule has 0 spiro atoms. The highest BCUT2D eigenvalue weighted by Crippen LogP contribution is 2.37. The van der Waals surface area contributed by atoms with Crippen LogP contribution in [0.1, 0.15) is 81.5 Å². The van der Waals surface area contributed by atoms with E-state index in [9.17, 15) is 63.3 Å². The molecule has 8 amide bonds. The molecule has 37 heteroatoms. The summed E-state index contributed by atoms with van der Waals surface area (Å²) in [5.41, 5.74) is 12.2. The minimum atomic E-state index is -3.02. The molecule has 2 unspecified atom stereocenters. The van der Waals surface area contributed by atoms with Crippen LogP contribution in [0.3, 0.4) is 0 Å². The first kappa shape index (κ1) is 82.2. The SMILES string of the molecule is [2H]C([2H])([2H])Oc1ccc2c3c([nH]c2c1CSCCOCCOCCOCCOCCOCCOCCOCCN/C=C(\N)CNC(=O)CC(C)C(=O)O)S(=O)C[C@H]1NC(=O)CNC(=O)[C@H]([C@@H](C)CC)CC(=O)CNC(=O)[C@@H](CC(=O)[C@H]([C@@H](C)[C@@H](O)CO)NC(=O)[C@@H]2C[C@@H](O)CN2C(=O)[C@H](CC(N)=O)NC1=O)C3. The topological polar surface area (TPSA) is 515 Å². The van der Waals surface area contributed by atoms with Gasteiger partial charge in [-0.15, -0.1) is 0 Å². The maximum absolute atomic E-state index is 15.4. The van der Waals surface area contributed by atoms with Crippen molar-refractivity contribution in [3.05, 3.63) is 35.2 Å². The predicted octanol–water partition coefficient (Wildman–Crippen LogP) is -3.47. The molecule has 5 rings (SSSR count). The van der Waals surface area contributed by atoms with E-state index in [0.29, 0.717) is 83.9 Å². The van der Waals surface area contributed by atoms with Gasteiger partial charge in [0.05, 0.1) is 183 Å². The van der Waals surface area contributed by atoms with Crippen LogP contribution in [-0.2, 0) is 109 Å². The third kappa shape index (κ3) is 29.1. The second kappa shape index (κ2) is 46.5. The van der Waals surface area contributed by atoms with E-state index >= 15 is 9.00 Å². The summed E-state index contributed by atoms with van der Waals surface area (Å²) in [6, 6.07) is -4.44. The van der Waals surface area contributed by atoms with E-state index < -0.39 is 213 Å². The molecule has 0 saturated carbocycles. The molecule has 1 fully saturated rings. The van der Waals surface area contributed by atoms with Crippen molar-refractivity contribution in [1.82, 2.24) is 47.1 Å². The average molecular weight is 1520 g/mol. The van der Waals surface area contributed by atoms with Crippen molar-refractivity contribution in [3.8, 4) is 5.75 Å². The lowest BCUT2D eigenvalue weighted by Gasteiger charge is -2.32. The zero-order chi connectivity index (χ0) is 78.8. The van der Waals surface area contributed by atoms with Crippen LogP contribution < -0.4 is 53.4 Å². The van der Waals surface area contributed by atoms with Gasteiger partial charge >= 0.3 is 5.97 Å². The number of carboxylic acids is 1. The van der Waals surface area contributed by atoms with E-state index in [1.807, 2.05) is 0 Å². The van der Waals surface area contributed by atoms with E-state index in [0.717, 1.165) is 4.90 Å². The molecule has 35 nitrogen and oxygen atoms in total. The Morgan fingerprint density at radius 1 is 0.798 bits per heavy atom. The van der Waals surface area contributed by atoms with Gasteiger partial charge in [0.1, 0.15) is 28.9 Å². The van der Waals surface area contributed by atoms with E-state index in [-0.39, 0.29) is 84.6 Å². The van der Waals surface area contributed by atoms with Crippen LogP contribution in [0.15, 0.2) is 29.1 Å². The second-order valence-electron chi connectivity index (χ2n) is 25.3. The first-order chi connectivity index (χ1) is 50.9. The lowest BCUT2D eigenvalue weighted by molar-refractivity contribution is -0.144. The van der Waals surface area contributed by atoms with Crippen LogP contribution in [0, 0.1) is 29.6 Å². The summed E-state index contributed by atoms with van der Waals surface area (Å²) in [5, 5.41) is 59.0. The number of carbonyl (C=O) groups is 11. The number of benzene rings is 1. The van der Waals surface area contributed by atoms with Gasteiger partial charge in [-0.1, -0.05) is 34.1 Å². The number of Topliss-reactive ketones (excluding diaryl/α,β-unsaturated/α-hetero) is 2. The Balaban J connectivity index is 1.25. The fourth-order valence-corrected chi connectivity index (χ4v) is 13.6. The maximum atomic E-state index is 15.4. The van der Waals surface area contributed by atoms with Gasteiger partial charge in [0, 0.05) is 90.9 Å². The molecule has 0 radical (unpaired) electrons. The van der Waals surface area contributed by atoms with Crippen LogP contribution in [0.4, 0.5) is 0 Å². The third-order valence-corrected chi connectivity index (χ3v) is 19.9. The summed E-state index contributed by atoms with van der Waals surface area (Å²) >= 11 is 1.27. The van der Waals surface area contributed by atoms with Crippen molar-refractivity contribution in [2.45, 2.75) is 120 Å². The summed E-state index contributed by atoms with van der Waals surface area (Å²) in [6.45, 7) is 8.11. The van der Waals surface area contributed by atoms with Crippen molar-refractivity contribution in [2.24, 2.45) is 41.1 Å². The number of rotatable bonds is 40. The number of hydrogen-bond acceptors (Lipinski definition) is 26. The number of H-pyrrole nitrogens is 1. The summed E-state index contributed by atoms with van der Waals surface area (Å²) in [6.07, 6.45) is -4.42. The molecule has 104 heavy (non-hydrogen) atoms. The fourth-order valence-electron chi connectivity index (χ4n) is 11.3. The van der Waals surface area contributed by atoms with E-state index in [2.05, 4.69) is 42.2 Å². The van der Waals surface area contributed by atoms with Crippen molar-refractivity contribution in [2.75, 3.05) is 150 Å². The Bertz CT molecular complexity index is 3360. The zero-order valence-electron chi connectivity index (χ0n) is 62.2. The highest BCUT2D eigenvalue weighted by atomic mass is 32.2. The quantitative estimate of drug-likeness (QED) is 0.0288. The smallest absolute Gasteiger partial charge is 0.306 e. The molecular weight excluding hydrogens is 1410 g/mol. The number of carbonyl (C=O) groups excluding carboxylic acids is 10. The number of methoxy groups -OCH3 is 1. The molecule has 3 aliphatic heterocycles. The average Bonchev–Trinajstić information content (AvgIpc) is 1.61. The number of fused-ring (bicyclic) bond motifs is 5. The number of nitrogens with zero attached hydrogens (tertiary/aromatic N) is 1. The summed E-state index contributed by atoms with van der Waals surface area (Å²) in [7, 11) is -5.56. The normalized spacial score (nSPS) is 23.2. The van der Waals surface area contributed by atoms with E-state index in [1.54, 1.807) is 13.8 Å². The van der Waals surface area contributed by atoms with Crippen molar-refractivity contribution >= 4 is 98.3 Å². The van der Waals surface area contributed by atoms with Gasteiger partial charge in [0.2, 0.25) is 47.3 Å². The van der Waals surface area contributed by atoms with Crippen LogP contribution in [0.25, 0.3) is 10.9 Å². The highest BCUT2D eigenvalue weighted by Gasteiger charge is 2.45. The highest BCUT2D eigenvalue weighted by molar-refractivity contribution is 7.98.